The Morgan fingerprint density at radius 3 is 2.88 bits per heavy atom. The molecule has 1 aliphatic heterocycles. The monoisotopic (exact) mass is 340 g/mol. The van der Waals surface area contributed by atoms with Gasteiger partial charge in [-0.3, -0.25) is 5.10 Å². The van der Waals surface area contributed by atoms with Gasteiger partial charge >= 0.3 is 5.97 Å². The molecule has 0 bridgehead atoms. The van der Waals surface area contributed by atoms with Crippen molar-refractivity contribution in [3.63, 3.8) is 0 Å². The number of fused-ring (bicyclic) bond motifs is 1. The Balaban J connectivity index is 1.46. The third-order valence-electron chi connectivity index (χ3n) is 5.34. The number of hydrogen-bond acceptors (Lipinski definition) is 6. The van der Waals surface area contributed by atoms with Gasteiger partial charge in [-0.1, -0.05) is 0 Å². The number of rotatable bonds is 5. The van der Waals surface area contributed by atoms with Gasteiger partial charge in [0.25, 0.3) is 0 Å². The first kappa shape index (κ1) is 14.7. The highest BCUT2D eigenvalue weighted by atomic mass is 16.4. The van der Waals surface area contributed by atoms with E-state index in [-0.39, 0.29) is 0 Å². The van der Waals surface area contributed by atoms with Crippen molar-refractivity contribution < 1.29 is 9.90 Å². The number of aromatic nitrogens is 4. The largest absolute Gasteiger partial charge is 0.480 e. The molecule has 0 spiro atoms. The number of nitrogens with one attached hydrogen (secondary N) is 2. The molecule has 0 amide bonds. The van der Waals surface area contributed by atoms with E-state index in [0.29, 0.717) is 24.8 Å². The van der Waals surface area contributed by atoms with Crippen molar-refractivity contribution in [2.45, 2.75) is 50.5 Å². The van der Waals surface area contributed by atoms with E-state index < -0.39 is 12.0 Å². The van der Waals surface area contributed by atoms with Crippen LogP contribution in [0.4, 0.5) is 17.6 Å². The second kappa shape index (κ2) is 5.44. The average Bonchev–Trinajstić information content (AvgIpc) is 3.09. The topological polar surface area (TPSA) is 107 Å². The van der Waals surface area contributed by atoms with Crippen LogP contribution in [0.5, 0.6) is 0 Å². The maximum Gasteiger partial charge on any atom is 0.326 e. The summed E-state index contributed by atoms with van der Waals surface area (Å²) in [6.07, 6.45) is 6.00. The van der Waals surface area contributed by atoms with Crippen LogP contribution in [0.1, 0.15) is 48.6 Å². The van der Waals surface area contributed by atoms with E-state index in [0.717, 1.165) is 42.2 Å². The van der Waals surface area contributed by atoms with Gasteiger partial charge in [0.15, 0.2) is 5.82 Å². The summed E-state index contributed by atoms with van der Waals surface area (Å²) in [6, 6.07) is 1.53. The molecule has 5 rings (SSSR count). The quantitative estimate of drug-likeness (QED) is 0.764. The lowest BCUT2D eigenvalue weighted by Gasteiger charge is -2.38. The first-order chi connectivity index (χ1) is 12.2. The van der Waals surface area contributed by atoms with Crippen LogP contribution in [0.15, 0.2) is 6.07 Å². The molecule has 3 N–H and O–H groups in total. The molecule has 2 fully saturated rings. The molecule has 0 aromatic carbocycles. The summed E-state index contributed by atoms with van der Waals surface area (Å²) < 4.78 is 0. The van der Waals surface area contributed by atoms with Crippen molar-refractivity contribution in [1.82, 2.24) is 20.2 Å². The Labute approximate surface area is 144 Å². The lowest BCUT2D eigenvalue weighted by Crippen LogP contribution is -2.53. The lowest BCUT2D eigenvalue weighted by atomic mass is 10.0. The van der Waals surface area contributed by atoms with Gasteiger partial charge in [0, 0.05) is 29.8 Å². The Morgan fingerprint density at radius 2 is 2.16 bits per heavy atom. The average molecular weight is 340 g/mol. The molecular weight excluding hydrogens is 320 g/mol. The maximum atomic E-state index is 11.3. The number of carboxylic acids is 1. The fourth-order valence-electron chi connectivity index (χ4n) is 3.66. The van der Waals surface area contributed by atoms with E-state index in [1.54, 1.807) is 4.90 Å². The summed E-state index contributed by atoms with van der Waals surface area (Å²) in [5.41, 5.74) is 3.33. The van der Waals surface area contributed by atoms with Gasteiger partial charge in [0.2, 0.25) is 5.95 Å². The Morgan fingerprint density at radius 1 is 1.28 bits per heavy atom. The fourth-order valence-corrected chi connectivity index (χ4v) is 3.66. The van der Waals surface area contributed by atoms with E-state index in [4.69, 9.17) is 0 Å². The van der Waals surface area contributed by atoms with Gasteiger partial charge in [-0.05, 0) is 38.5 Å². The highest BCUT2D eigenvalue weighted by Crippen LogP contribution is 2.40. The first-order valence-corrected chi connectivity index (χ1v) is 8.90. The van der Waals surface area contributed by atoms with Crippen LogP contribution in [0, 0.1) is 0 Å². The second-order valence-electron chi connectivity index (χ2n) is 7.09. The molecule has 1 saturated carbocycles. The zero-order valence-electron chi connectivity index (χ0n) is 13.8. The molecule has 1 saturated heterocycles. The number of hydrogen-bond donors (Lipinski definition) is 3. The minimum atomic E-state index is -0.814. The number of aromatic amines is 1. The number of nitrogens with zero attached hydrogens (tertiary/aromatic N) is 4. The van der Waals surface area contributed by atoms with Crippen LogP contribution >= 0.6 is 0 Å². The highest BCUT2D eigenvalue weighted by Gasteiger charge is 2.37. The number of H-pyrrole nitrogens is 1. The zero-order valence-corrected chi connectivity index (χ0v) is 13.8. The summed E-state index contributed by atoms with van der Waals surface area (Å²) >= 11 is 0. The predicted octanol–water partition coefficient (Wildman–Crippen LogP) is 1.97. The van der Waals surface area contributed by atoms with Crippen LogP contribution < -0.4 is 10.2 Å². The number of aliphatic carboxylic acids is 1. The minimum absolute atomic E-state index is 0.514. The van der Waals surface area contributed by atoms with Crippen LogP contribution in [0.25, 0.3) is 0 Å². The van der Waals surface area contributed by atoms with Gasteiger partial charge in [-0.2, -0.15) is 10.1 Å². The molecule has 8 nitrogen and oxygen atoms in total. The standard InChI is InChI=1S/C17H20N6O2/c24-16(25)13-6-7-23(13)17-18-11-3-1-2-10(11)15(20-17)19-14-8-12(21-22-14)9-4-5-9/h8-9,13H,1-7H2,(H,24,25)(H2,18,19,20,21,22)/t13-/m0/s1. The van der Waals surface area contributed by atoms with E-state index in [2.05, 4.69) is 25.5 Å². The summed E-state index contributed by atoms with van der Waals surface area (Å²) in [7, 11) is 0. The minimum Gasteiger partial charge on any atom is -0.480 e. The van der Waals surface area contributed by atoms with Gasteiger partial charge in [-0.15, -0.1) is 0 Å². The van der Waals surface area contributed by atoms with Crippen molar-refractivity contribution in [2.24, 2.45) is 0 Å². The van der Waals surface area contributed by atoms with Crippen molar-refractivity contribution in [3.8, 4) is 0 Å². The van der Waals surface area contributed by atoms with Gasteiger partial charge in [-0.25, -0.2) is 9.78 Å². The first-order valence-electron chi connectivity index (χ1n) is 8.90. The summed E-state index contributed by atoms with van der Waals surface area (Å²) in [6.45, 7) is 0.684. The van der Waals surface area contributed by atoms with E-state index >= 15 is 0 Å². The molecule has 0 unspecified atom stereocenters. The normalized spacial score (nSPS) is 21.8. The molecular formula is C17H20N6O2. The third-order valence-corrected chi connectivity index (χ3v) is 5.34. The summed E-state index contributed by atoms with van der Waals surface area (Å²) in [5.74, 6) is 1.85. The molecule has 0 radical (unpaired) electrons. The molecule has 130 valence electrons. The van der Waals surface area contributed by atoms with Crippen molar-refractivity contribution in [2.75, 3.05) is 16.8 Å². The molecule has 2 aliphatic carbocycles. The third kappa shape index (κ3) is 2.52. The van der Waals surface area contributed by atoms with Crippen LogP contribution in [-0.2, 0) is 17.6 Å². The highest BCUT2D eigenvalue weighted by molar-refractivity contribution is 5.79. The SMILES string of the molecule is O=C(O)[C@@H]1CCN1c1nc2c(c(Nc3cc(C4CC4)[nH]n3)n1)CCC2. The van der Waals surface area contributed by atoms with E-state index in [9.17, 15) is 9.90 Å². The van der Waals surface area contributed by atoms with E-state index in [1.165, 1.54) is 18.5 Å². The fraction of sp³-hybridized carbons (Fsp3) is 0.529. The molecule has 3 heterocycles. The maximum absolute atomic E-state index is 11.3. The van der Waals surface area contributed by atoms with Gasteiger partial charge in [0.05, 0.1) is 5.69 Å². The van der Waals surface area contributed by atoms with Crippen LogP contribution in [0.3, 0.4) is 0 Å². The number of aryl methyl sites for hydroxylation is 1. The molecule has 2 aromatic rings. The second-order valence-corrected chi connectivity index (χ2v) is 7.09. The Hall–Kier alpha value is -2.64. The van der Waals surface area contributed by atoms with Crippen molar-refractivity contribution >= 4 is 23.6 Å². The Kier molecular flexibility index (Phi) is 3.19. The summed E-state index contributed by atoms with van der Waals surface area (Å²) in [5, 5.41) is 20.1. The zero-order chi connectivity index (χ0) is 17.0. The van der Waals surface area contributed by atoms with Crippen LogP contribution in [-0.4, -0.2) is 43.8 Å². The number of carboxylic acid groups (broad SMARTS) is 1. The molecule has 8 heteroatoms. The predicted molar refractivity (Wildman–Crippen MR) is 91.3 cm³/mol. The van der Waals surface area contributed by atoms with E-state index in [1.807, 2.05) is 6.07 Å². The molecule has 1 atom stereocenters. The smallest absolute Gasteiger partial charge is 0.326 e. The van der Waals surface area contributed by atoms with Crippen LogP contribution in [0.2, 0.25) is 0 Å². The number of anilines is 3. The molecule has 2 aromatic heterocycles. The van der Waals surface area contributed by atoms with Crippen molar-refractivity contribution in [1.29, 1.82) is 0 Å². The van der Waals surface area contributed by atoms with Gasteiger partial charge < -0.3 is 15.3 Å². The number of carbonyl (C=O) groups is 1. The van der Waals surface area contributed by atoms with Crippen molar-refractivity contribution in [3.05, 3.63) is 23.0 Å². The lowest BCUT2D eigenvalue weighted by molar-refractivity contribution is -0.140. The molecule has 3 aliphatic rings. The molecule has 25 heavy (non-hydrogen) atoms. The summed E-state index contributed by atoms with van der Waals surface area (Å²) in [4.78, 5) is 22.4. The van der Waals surface area contributed by atoms with Gasteiger partial charge in [0.1, 0.15) is 11.9 Å². The Bertz CT molecular complexity index is 844.